The SMILES string of the molecule is CCCC1CCC(C2CCC(COc3ccc(OCCC(C)CCOc4ccc(-c5cc(F)c(C(F)(F)Oc6cc(F)c(F)c(F)c6)c(F)c5)c(F)c4)c(F)c3F)CC2)CC1. The van der Waals surface area contributed by atoms with E-state index in [1.165, 1.54) is 56.7 Å². The second kappa shape index (κ2) is 20.5. The molecule has 2 fully saturated rings. The molecule has 61 heavy (non-hydrogen) atoms. The van der Waals surface area contributed by atoms with Gasteiger partial charge in [-0.25, -0.2) is 26.3 Å². The number of rotatable bonds is 18. The Hall–Kier alpha value is -4.62. The molecule has 0 heterocycles. The van der Waals surface area contributed by atoms with Crippen molar-refractivity contribution in [1.29, 1.82) is 0 Å². The summed E-state index contributed by atoms with van der Waals surface area (Å²) in [6, 6.07) is 7.13. The molecule has 0 aliphatic heterocycles. The number of halogens is 10. The number of benzene rings is 4. The van der Waals surface area contributed by atoms with E-state index in [4.69, 9.17) is 14.2 Å². The molecular weight excluding hydrogens is 818 g/mol. The maximum atomic E-state index is 15.1. The summed E-state index contributed by atoms with van der Waals surface area (Å²) in [5, 5.41) is 0. The maximum Gasteiger partial charge on any atom is 0.432 e. The quantitative estimate of drug-likeness (QED) is 0.0737. The van der Waals surface area contributed by atoms with E-state index in [0.717, 1.165) is 55.6 Å². The Morgan fingerprint density at radius 2 is 1.10 bits per heavy atom. The third-order valence-corrected chi connectivity index (χ3v) is 12.2. The zero-order valence-corrected chi connectivity index (χ0v) is 34.1. The lowest BCUT2D eigenvalue weighted by Gasteiger charge is -2.37. The summed E-state index contributed by atoms with van der Waals surface area (Å²) in [5.41, 5.74) is -2.73. The first-order valence-electron chi connectivity index (χ1n) is 21.0. The van der Waals surface area contributed by atoms with Crippen LogP contribution in [-0.2, 0) is 6.11 Å². The van der Waals surface area contributed by atoms with E-state index in [1.54, 1.807) is 0 Å². The van der Waals surface area contributed by atoms with Crippen molar-refractivity contribution in [2.75, 3.05) is 19.8 Å². The van der Waals surface area contributed by atoms with Gasteiger partial charge >= 0.3 is 6.11 Å². The van der Waals surface area contributed by atoms with Crippen molar-refractivity contribution in [2.45, 2.75) is 97.0 Å². The Labute approximate surface area is 349 Å². The normalized spacial score (nSPS) is 20.0. The standard InChI is InChI=1S/C47H50F10O4/c1-3-4-28-5-9-30(10-6-28)31-11-7-29(8-12-31)26-60-42-16-15-41(45(54)46(42)55)59-20-18-27(2)17-19-58-33-13-14-35(36(48)23-33)32-21-37(49)43(38(50)22-32)47(56,57)61-34-24-39(51)44(53)40(52)25-34/h13-16,21-25,27-31H,3-12,17-20,26H2,1-2H3. The zero-order valence-electron chi connectivity index (χ0n) is 34.1. The van der Waals surface area contributed by atoms with Gasteiger partial charge < -0.3 is 18.9 Å². The highest BCUT2D eigenvalue weighted by atomic mass is 19.3. The first-order valence-corrected chi connectivity index (χ1v) is 21.0. The number of hydrogen-bond donors (Lipinski definition) is 0. The van der Waals surface area contributed by atoms with Gasteiger partial charge in [0.05, 0.1) is 19.8 Å². The molecule has 2 aliphatic carbocycles. The Morgan fingerprint density at radius 1 is 0.574 bits per heavy atom. The highest BCUT2D eigenvalue weighted by Gasteiger charge is 2.42. The molecule has 0 amide bonds. The van der Waals surface area contributed by atoms with E-state index in [-0.39, 0.29) is 54.1 Å². The molecule has 0 aromatic heterocycles. The van der Waals surface area contributed by atoms with Crippen LogP contribution < -0.4 is 18.9 Å². The second-order valence-corrected chi connectivity index (χ2v) is 16.5. The van der Waals surface area contributed by atoms with Crippen molar-refractivity contribution in [1.82, 2.24) is 0 Å². The van der Waals surface area contributed by atoms with Crippen LogP contribution in [0.5, 0.6) is 23.0 Å². The van der Waals surface area contributed by atoms with Crippen LogP contribution in [0.4, 0.5) is 43.9 Å². The van der Waals surface area contributed by atoms with Crippen molar-refractivity contribution in [3.05, 3.63) is 107 Å². The lowest BCUT2D eigenvalue weighted by Crippen LogP contribution is -2.27. The Bertz CT molecular complexity index is 2050. The Kier molecular flexibility index (Phi) is 15.4. The highest BCUT2D eigenvalue weighted by Crippen LogP contribution is 2.43. The van der Waals surface area contributed by atoms with Crippen molar-refractivity contribution in [3.8, 4) is 34.1 Å². The highest BCUT2D eigenvalue weighted by molar-refractivity contribution is 5.66. The summed E-state index contributed by atoms with van der Waals surface area (Å²) in [6.45, 7) is 4.68. The summed E-state index contributed by atoms with van der Waals surface area (Å²) in [4.78, 5) is 0. The molecule has 0 N–H and O–H groups in total. The third kappa shape index (κ3) is 11.7. The lowest BCUT2D eigenvalue weighted by atomic mass is 9.69. The molecule has 0 spiro atoms. The number of hydrogen-bond acceptors (Lipinski definition) is 4. The average Bonchev–Trinajstić information content (AvgIpc) is 3.21. The largest absolute Gasteiger partial charge is 0.493 e. The van der Waals surface area contributed by atoms with Crippen molar-refractivity contribution >= 4 is 0 Å². The van der Waals surface area contributed by atoms with Gasteiger partial charge in [0, 0.05) is 23.8 Å². The maximum absolute atomic E-state index is 15.1. The van der Waals surface area contributed by atoms with Crippen LogP contribution in [0.3, 0.4) is 0 Å². The summed E-state index contributed by atoms with van der Waals surface area (Å²) in [7, 11) is 0. The summed E-state index contributed by atoms with van der Waals surface area (Å²) in [6.07, 6.45) is 8.46. The van der Waals surface area contributed by atoms with Crippen LogP contribution in [0.1, 0.15) is 96.5 Å². The molecule has 14 heteroatoms. The van der Waals surface area contributed by atoms with Gasteiger partial charge in [0.2, 0.25) is 11.6 Å². The lowest BCUT2D eigenvalue weighted by molar-refractivity contribution is -0.189. The van der Waals surface area contributed by atoms with Crippen LogP contribution in [-0.4, -0.2) is 19.8 Å². The van der Waals surface area contributed by atoms with Gasteiger partial charge in [0.15, 0.2) is 29.0 Å². The van der Waals surface area contributed by atoms with Crippen LogP contribution in [0.2, 0.25) is 0 Å². The topological polar surface area (TPSA) is 36.9 Å². The monoisotopic (exact) mass is 868 g/mol. The van der Waals surface area contributed by atoms with Crippen molar-refractivity contribution < 1.29 is 62.9 Å². The number of ether oxygens (including phenoxy) is 4. The van der Waals surface area contributed by atoms with Gasteiger partial charge in [-0.3, -0.25) is 0 Å². The smallest absolute Gasteiger partial charge is 0.432 e. The van der Waals surface area contributed by atoms with Gasteiger partial charge in [0.25, 0.3) is 0 Å². The van der Waals surface area contributed by atoms with E-state index < -0.39 is 69.5 Å². The summed E-state index contributed by atoms with van der Waals surface area (Å²) in [5.74, 6) is -11.4. The van der Waals surface area contributed by atoms with E-state index in [0.29, 0.717) is 37.5 Å². The van der Waals surface area contributed by atoms with Gasteiger partial charge in [0.1, 0.15) is 34.5 Å². The second-order valence-electron chi connectivity index (χ2n) is 16.5. The van der Waals surface area contributed by atoms with Gasteiger partial charge in [-0.15, -0.1) is 0 Å². The molecule has 2 aliphatic rings. The van der Waals surface area contributed by atoms with E-state index in [9.17, 15) is 39.5 Å². The predicted molar refractivity (Wildman–Crippen MR) is 210 cm³/mol. The van der Waals surface area contributed by atoms with Gasteiger partial charge in [-0.05, 0) is 123 Å². The minimum Gasteiger partial charge on any atom is -0.493 e. The molecule has 0 bridgehead atoms. The fourth-order valence-electron chi connectivity index (χ4n) is 8.64. The molecule has 0 radical (unpaired) electrons. The van der Waals surface area contributed by atoms with Gasteiger partial charge in [-0.2, -0.15) is 17.6 Å². The molecule has 0 saturated heterocycles. The fraction of sp³-hybridized carbons (Fsp3) is 0.489. The molecule has 6 rings (SSSR count). The molecular formula is C47H50F10O4. The van der Waals surface area contributed by atoms with Crippen molar-refractivity contribution in [2.24, 2.45) is 29.6 Å². The Morgan fingerprint density at radius 3 is 1.66 bits per heavy atom. The van der Waals surface area contributed by atoms with E-state index >= 15 is 4.39 Å². The Balaban J connectivity index is 0.919. The van der Waals surface area contributed by atoms with Gasteiger partial charge in [-0.1, -0.05) is 39.5 Å². The minimum absolute atomic E-state index is 0.0153. The van der Waals surface area contributed by atoms with E-state index in [2.05, 4.69) is 11.7 Å². The first kappa shape index (κ1) is 45.9. The molecule has 2 saturated carbocycles. The van der Waals surface area contributed by atoms with Crippen molar-refractivity contribution in [3.63, 3.8) is 0 Å². The van der Waals surface area contributed by atoms with Crippen LogP contribution in [0.25, 0.3) is 11.1 Å². The first-order chi connectivity index (χ1) is 29.1. The molecule has 4 aromatic rings. The fourth-order valence-corrected chi connectivity index (χ4v) is 8.64. The van der Waals surface area contributed by atoms with Crippen LogP contribution in [0.15, 0.2) is 54.6 Å². The molecule has 4 nitrogen and oxygen atoms in total. The minimum atomic E-state index is -4.80. The molecule has 1 atom stereocenters. The zero-order chi connectivity index (χ0) is 43.8. The number of alkyl halides is 2. The summed E-state index contributed by atoms with van der Waals surface area (Å²) < 4.78 is 165. The van der Waals surface area contributed by atoms with Crippen LogP contribution >= 0.6 is 0 Å². The predicted octanol–water partition coefficient (Wildman–Crippen LogP) is 14.3. The summed E-state index contributed by atoms with van der Waals surface area (Å²) >= 11 is 0. The molecule has 1 unspecified atom stereocenters. The molecule has 332 valence electrons. The molecule has 4 aromatic carbocycles. The van der Waals surface area contributed by atoms with E-state index in [1.807, 2.05) is 6.92 Å². The van der Waals surface area contributed by atoms with Crippen LogP contribution in [0, 0.1) is 76.1 Å². The third-order valence-electron chi connectivity index (χ3n) is 12.2. The average molecular weight is 869 g/mol.